The summed E-state index contributed by atoms with van der Waals surface area (Å²) in [6.07, 6.45) is 7.21. The summed E-state index contributed by atoms with van der Waals surface area (Å²) in [4.78, 5) is 28.3. The molecule has 1 amide bonds. The van der Waals surface area contributed by atoms with Crippen molar-refractivity contribution in [1.29, 1.82) is 0 Å². The summed E-state index contributed by atoms with van der Waals surface area (Å²) in [5.74, 6) is -1.35. The van der Waals surface area contributed by atoms with Crippen LogP contribution in [0.1, 0.15) is 15.9 Å². The molecule has 0 saturated heterocycles. The number of pyridine rings is 4. The molecule has 4 aromatic carbocycles. The summed E-state index contributed by atoms with van der Waals surface area (Å²) in [5.41, 5.74) is 4.24. The van der Waals surface area contributed by atoms with Crippen LogP contribution in [0.4, 0.5) is 0 Å². The minimum Gasteiger partial charge on any atom is -0.858 e. The molecule has 4 aromatic heterocycles. The average Bonchev–Trinajstić information content (AvgIpc) is 3.57. The maximum absolute atomic E-state index is 11.1. The Hall–Kier alpha value is -6.16. The van der Waals surface area contributed by atoms with Crippen LogP contribution in [0.3, 0.4) is 0 Å². The zero-order chi connectivity index (χ0) is 36.3. The first-order valence-corrected chi connectivity index (χ1v) is 18.4. The molecule has 0 unspecified atom stereocenters. The summed E-state index contributed by atoms with van der Waals surface area (Å²) in [6.45, 7) is 0. The largest absolute Gasteiger partial charge is 2.00 e. The predicted octanol–water partition coefficient (Wildman–Crippen LogP) is 5.04. The molecule has 10 rings (SSSR count). The van der Waals surface area contributed by atoms with Gasteiger partial charge >= 0.3 is 17.1 Å². The third kappa shape index (κ3) is 7.93. The van der Waals surface area contributed by atoms with Gasteiger partial charge in [0.25, 0.3) is 10.0 Å². The number of aromatic nitrogens is 4. The number of sulfonamides is 2. The van der Waals surface area contributed by atoms with Gasteiger partial charge in [0.15, 0.2) is 0 Å². The van der Waals surface area contributed by atoms with Crippen LogP contribution in [0.15, 0.2) is 160 Å². The van der Waals surface area contributed by atoms with Crippen LogP contribution in [0, 0.1) is 0 Å². The molecule has 0 fully saturated rings. The maximum atomic E-state index is 11.1. The minimum absolute atomic E-state index is 0. The molecule has 0 atom stereocenters. The number of rotatable bonds is 0. The van der Waals surface area contributed by atoms with Crippen molar-refractivity contribution < 1.29 is 49.3 Å². The van der Waals surface area contributed by atoms with Gasteiger partial charge in [0.05, 0.1) is 37.8 Å². The van der Waals surface area contributed by atoms with Crippen LogP contribution in [-0.4, -0.2) is 48.6 Å². The Labute approximate surface area is 319 Å². The second kappa shape index (κ2) is 16.2. The fraction of sp³-hybridized carbons (Fsp3) is 0. The van der Waals surface area contributed by atoms with E-state index in [4.69, 9.17) is 0 Å². The van der Waals surface area contributed by atoms with Gasteiger partial charge in [-0.3, -0.25) is 19.9 Å². The summed E-state index contributed by atoms with van der Waals surface area (Å²) < 4.78 is 50.3. The SMILES string of the molecule is O=C1[N-]S(=O)(=O)c2ccccc21.O=S1(=O)N=C([O-])c2ccccc21.[Mn+2].[OH3+].c1cnc2c(c1)ccc1cccnc12.c1cnc2c(c1)ccc1cccnc12. The van der Waals surface area contributed by atoms with Gasteiger partial charge in [0.2, 0.25) is 0 Å². The number of carbonyl (C=O) groups excluding carboxylic acids is 1. The monoisotopic (exact) mass is 798 g/mol. The van der Waals surface area contributed by atoms with Crippen molar-refractivity contribution in [1.82, 2.24) is 19.9 Å². The van der Waals surface area contributed by atoms with Crippen LogP contribution in [0.25, 0.3) is 48.3 Å². The van der Waals surface area contributed by atoms with Gasteiger partial charge in [-0.1, -0.05) is 84.9 Å². The fourth-order valence-electron chi connectivity index (χ4n) is 5.51. The number of fused-ring (bicyclic) bond motifs is 8. The van der Waals surface area contributed by atoms with E-state index in [1.165, 1.54) is 24.3 Å². The summed E-state index contributed by atoms with van der Waals surface area (Å²) in [6, 6.07) is 36.3. The molecule has 13 nitrogen and oxygen atoms in total. The van der Waals surface area contributed by atoms with Crippen LogP contribution < -0.4 is 5.11 Å². The van der Waals surface area contributed by atoms with E-state index in [-0.39, 0.29) is 43.5 Å². The van der Waals surface area contributed by atoms with E-state index in [2.05, 4.69) is 77.6 Å². The molecular formula is C38H27MnN6O7S2+. The second-order valence-corrected chi connectivity index (χ2v) is 14.3. The molecule has 6 heterocycles. The van der Waals surface area contributed by atoms with E-state index in [0.29, 0.717) is 0 Å². The standard InChI is InChI=1S/2C12H8N2.2C7H5NO3S.Mn.H2O/c2*1-3-9-5-6-10-4-2-8-14-12(10)11(9)13-7-1;2*9-7-5-3-1-2-4-6(5)12(10,11)8-7;;/h2*1-8H;2*1-4H,(H,8,9);;1H2/q;;;;+2;/p-1. The Morgan fingerprint density at radius 3 is 1.24 bits per heavy atom. The second-order valence-electron chi connectivity index (χ2n) is 11.2. The maximum Gasteiger partial charge on any atom is 2.00 e. The molecule has 0 bridgehead atoms. The van der Waals surface area contributed by atoms with Gasteiger partial charge in [0, 0.05) is 63.4 Å². The zero-order valence-electron chi connectivity index (χ0n) is 27.8. The van der Waals surface area contributed by atoms with Crippen LogP contribution in [0.2, 0.25) is 0 Å². The van der Waals surface area contributed by atoms with E-state index in [0.717, 1.165) is 43.6 Å². The van der Waals surface area contributed by atoms with E-state index in [1.807, 2.05) is 24.3 Å². The third-order valence-corrected chi connectivity index (χ3v) is 10.5. The molecule has 269 valence electrons. The van der Waals surface area contributed by atoms with E-state index < -0.39 is 31.9 Å². The van der Waals surface area contributed by atoms with Crippen LogP contribution in [0.5, 0.6) is 0 Å². The van der Waals surface area contributed by atoms with Crippen molar-refractivity contribution in [3.05, 3.63) is 162 Å². The molecule has 1 radical (unpaired) electrons. The quantitative estimate of drug-likeness (QED) is 0.113. The van der Waals surface area contributed by atoms with E-state index in [9.17, 15) is 26.7 Å². The van der Waals surface area contributed by atoms with Gasteiger partial charge in [0.1, 0.15) is 10.0 Å². The number of hydrogen-bond acceptors (Lipinski definition) is 10. The Morgan fingerprint density at radius 2 is 0.852 bits per heavy atom. The van der Waals surface area contributed by atoms with Gasteiger partial charge < -0.3 is 20.1 Å². The number of carbonyl (C=O) groups is 1. The van der Waals surface area contributed by atoms with Crippen LogP contribution in [-0.2, 0) is 42.6 Å². The summed E-state index contributed by atoms with van der Waals surface area (Å²) >= 11 is 0. The third-order valence-electron chi connectivity index (χ3n) is 7.89. The zero-order valence-corrected chi connectivity index (χ0v) is 30.6. The van der Waals surface area contributed by atoms with Gasteiger partial charge in [-0.2, -0.15) is 12.8 Å². The van der Waals surface area contributed by atoms with Crippen molar-refractivity contribution in [2.45, 2.75) is 9.79 Å². The number of nitrogens with zero attached hydrogens (tertiary/aromatic N) is 6. The van der Waals surface area contributed by atoms with Gasteiger partial charge in [-0.15, -0.1) is 0 Å². The first-order chi connectivity index (χ1) is 25.1. The van der Waals surface area contributed by atoms with Crippen molar-refractivity contribution in [3.63, 3.8) is 0 Å². The molecule has 0 spiro atoms. The molecule has 54 heavy (non-hydrogen) atoms. The van der Waals surface area contributed by atoms with Gasteiger partial charge in [-0.25, -0.2) is 8.42 Å². The Morgan fingerprint density at radius 1 is 0.481 bits per heavy atom. The normalized spacial score (nSPS) is 13.9. The predicted molar refractivity (Wildman–Crippen MR) is 200 cm³/mol. The molecular weight excluding hydrogens is 772 g/mol. The molecule has 2 aliphatic heterocycles. The number of hydrogen-bond donors (Lipinski definition) is 0. The van der Waals surface area contributed by atoms with E-state index in [1.54, 1.807) is 49.1 Å². The molecule has 2 aliphatic rings. The first-order valence-electron chi connectivity index (χ1n) is 15.5. The molecule has 0 saturated carbocycles. The molecule has 8 aromatic rings. The topological polar surface area (TPSA) is 219 Å². The van der Waals surface area contributed by atoms with Gasteiger partial charge in [-0.05, 0) is 36.4 Å². The molecule has 0 aliphatic carbocycles. The first kappa shape index (κ1) is 39.1. The minimum atomic E-state index is -3.68. The Balaban J connectivity index is 0.000000137. The smallest absolute Gasteiger partial charge is 0.858 e. The van der Waals surface area contributed by atoms with Crippen molar-refractivity contribution in [3.8, 4) is 0 Å². The van der Waals surface area contributed by atoms with Crippen molar-refractivity contribution >= 4 is 75.5 Å². The Bertz CT molecular complexity index is 2700. The van der Waals surface area contributed by atoms with Crippen molar-refractivity contribution in [2.75, 3.05) is 0 Å². The summed E-state index contributed by atoms with van der Waals surface area (Å²) in [5, 5.41) is 15.5. The van der Waals surface area contributed by atoms with E-state index >= 15 is 0 Å². The Kier molecular flexibility index (Phi) is 11.7. The average molecular weight is 799 g/mol. The summed E-state index contributed by atoms with van der Waals surface area (Å²) in [7, 11) is -7.36. The van der Waals surface area contributed by atoms with Crippen LogP contribution >= 0.6 is 0 Å². The number of amides is 1. The van der Waals surface area contributed by atoms with Crippen molar-refractivity contribution in [2.24, 2.45) is 4.40 Å². The number of benzene rings is 4. The molecule has 3 N–H and O–H groups in total. The molecule has 16 heteroatoms. The fourth-order valence-corrected chi connectivity index (χ4v) is 7.71.